The average molecular weight is 380 g/mol. The summed E-state index contributed by atoms with van der Waals surface area (Å²) in [6.07, 6.45) is 0.324. The molecule has 0 aliphatic carbocycles. The van der Waals surface area contributed by atoms with Crippen molar-refractivity contribution >= 4 is 19.9 Å². The highest BCUT2D eigenvalue weighted by Gasteiger charge is 2.38. The van der Waals surface area contributed by atoms with E-state index in [-0.39, 0.29) is 23.7 Å². The summed E-state index contributed by atoms with van der Waals surface area (Å²) >= 11 is 0. The van der Waals surface area contributed by atoms with Gasteiger partial charge in [0.15, 0.2) is 9.84 Å². The molecule has 134 valence electrons. The largest absolute Gasteiger partial charge is 0.223 e. The first-order valence-electron chi connectivity index (χ1n) is 8.11. The molecule has 0 saturated carbocycles. The molecule has 0 spiro atoms. The molecule has 1 saturated heterocycles. The first-order chi connectivity index (χ1) is 11.8. The predicted molar refractivity (Wildman–Crippen MR) is 97.4 cm³/mol. The van der Waals surface area contributed by atoms with Gasteiger partial charge in [0.1, 0.15) is 0 Å². The lowest BCUT2D eigenvalue weighted by Crippen LogP contribution is -2.32. The van der Waals surface area contributed by atoms with Crippen LogP contribution in [0.1, 0.15) is 17.5 Å². The van der Waals surface area contributed by atoms with Gasteiger partial charge in [0, 0.05) is 13.1 Å². The van der Waals surface area contributed by atoms with E-state index in [9.17, 15) is 16.8 Å². The van der Waals surface area contributed by atoms with Gasteiger partial charge in [-0.2, -0.15) is 0 Å². The number of rotatable bonds is 5. The van der Waals surface area contributed by atoms with Crippen molar-refractivity contribution in [3.05, 3.63) is 65.7 Å². The Morgan fingerprint density at radius 2 is 1.72 bits per heavy atom. The third-order valence-electron chi connectivity index (χ3n) is 4.44. The van der Waals surface area contributed by atoms with Crippen LogP contribution in [0.25, 0.3) is 0 Å². The molecule has 25 heavy (non-hydrogen) atoms. The van der Waals surface area contributed by atoms with Crippen molar-refractivity contribution < 1.29 is 16.8 Å². The van der Waals surface area contributed by atoms with Gasteiger partial charge in [-0.3, -0.25) is 0 Å². The van der Waals surface area contributed by atoms with Crippen molar-refractivity contribution in [3.8, 4) is 0 Å². The maximum atomic E-state index is 12.7. The van der Waals surface area contributed by atoms with Gasteiger partial charge in [-0.1, -0.05) is 48.0 Å². The fourth-order valence-corrected chi connectivity index (χ4v) is 6.49. The van der Waals surface area contributed by atoms with Crippen LogP contribution < -0.4 is 0 Å². The summed E-state index contributed by atoms with van der Waals surface area (Å²) in [5, 5.41) is -0.692. The highest BCUT2D eigenvalue weighted by atomic mass is 32.2. The lowest BCUT2D eigenvalue weighted by atomic mass is 10.2. The Labute approximate surface area is 149 Å². The smallest absolute Gasteiger partial charge is 0.218 e. The van der Waals surface area contributed by atoms with Gasteiger partial charge < -0.3 is 0 Å². The molecular formula is C18H21NO4S2. The second-order valence-corrected chi connectivity index (χ2v) is 10.6. The predicted octanol–water partition coefficient (Wildman–Crippen LogP) is 2.37. The second kappa shape index (κ2) is 6.90. The minimum atomic E-state index is -3.54. The standard InChI is InChI=1S/C18H21NO4S2/c1-15-6-5-7-16(12-15)14-24(20,21)19-11-10-18(13-19)25(22,23)17-8-3-2-4-9-17/h2-9,12,18H,10-11,13-14H2,1H3. The number of hydrogen-bond donors (Lipinski definition) is 0. The zero-order valence-electron chi connectivity index (χ0n) is 14.0. The molecular weight excluding hydrogens is 358 g/mol. The summed E-state index contributed by atoms with van der Waals surface area (Å²) in [6, 6.07) is 15.6. The fourth-order valence-electron chi connectivity index (χ4n) is 3.11. The van der Waals surface area contributed by atoms with Crippen molar-refractivity contribution in [3.63, 3.8) is 0 Å². The lowest BCUT2D eigenvalue weighted by molar-refractivity contribution is 0.475. The molecule has 1 unspecified atom stereocenters. The fraction of sp³-hybridized carbons (Fsp3) is 0.333. The third kappa shape index (κ3) is 3.94. The van der Waals surface area contributed by atoms with Crippen LogP contribution in [0.4, 0.5) is 0 Å². The highest BCUT2D eigenvalue weighted by molar-refractivity contribution is 7.92. The molecule has 1 fully saturated rings. The lowest BCUT2D eigenvalue weighted by Gasteiger charge is -2.17. The zero-order chi connectivity index (χ0) is 18.1. The van der Waals surface area contributed by atoms with Crippen LogP contribution in [0.15, 0.2) is 59.5 Å². The third-order valence-corrected chi connectivity index (χ3v) is 8.45. The van der Waals surface area contributed by atoms with Gasteiger partial charge in [0.25, 0.3) is 0 Å². The summed E-state index contributed by atoms with van der Waals surface area (Å²) in [5.41, 5.74) is 1.72. The monoisotopic (exact) mass is 379 g/mol. The minimum Gasteiger partial charge on any atom is -0.223 e. The molecule has 5 nitrogen and oxygen atoms in total. The Morgan fingerprint density at radius 1 is 1.00 bits per heavy atom. The number of aryl methyl sites for hydroxylation is 1. The van der Waals surface area contributed by atoms with Crippen molar-refractivity contribution in [2.24, 2.45) is 0 Å². The molecule has 3 rings (SSSR count). The Hall–Kier alpha value is -1.70. The first kappa shape index (κ1) is 18.1. The van der Waals surface area contributed by atoms with E-state index in [2.05, 4.69) is 0 Å². The normalized spacial score (nSPS) is 19.2. The molecule has 1 aliphatic rings. The van der Waals surface area contributed by atoms with E-state index < -0.39 is 25.1 Å². The SMILES string of the molecule is Cc1cccc(CS(=O)(=O)N2CCC(S(=O)(=O)c3ccccc3)C2)c1. The topological polar surface area (TPSA) is 71.5 Å². The number of sulfone groups is 1. The molecule has 1 atom stereocenters. The van der Waals surface area contributed by atoms with Crippen LogP contribution in [0.3, 0.4) is 0 Å². The Bertz CT molecular complexity index is 954. The summed E-state index contributed by atoms with van der Waals surface area (Å²) in [6.45, 7) is 2.17. The zero-order valence-corrected chi connectivity index (χ0v) is 15.6. The van der Waals surface area contributed by atoms with Gasteiger partial charge in [-0.05, 0) is 31.0 Å². The van der Waals surface area contributed by atoms with Crippen molar-refractivity contribution in [1.29, 1.82) is 0 Å². The summed E-state index contributed by atoms with van der Waals surface area (Å²) in [4.78, 5) is 0.248. The number of nitrogens with zero attached hydrogens (tertiary/aromatic N) is 1. The molecule has 2 aromatic carbocycles. The van der Waals surface area contributed by atoms with Crippen molar-refractivity contribution in [1.82, 2.24) is 4.31 Å². The maximum Gasteiger partial charge on any atom is 0.218 e. The van der Waals surface area contributed by atoms with E-state index >= 15 is 0 Å². The number of benzene rings is 2. The van der Waals surface area contributed by atoms with Crippen LogP contribution in [-0.2, 0) is 25.6 Å². The molecule has 0 N–H and O–H groups in total. The molecule has 0 bridgehead atoms. The van der Waals surface area contributed by atoms with E-state index in [0.717, 1.165) is 11.1 Å². The van der Waals surface area contributed by atoms with Crippen LogP contribution in [0, 0.1) is 6.92 Å². The molecule has 0 radical (unpaired) electrons. The molecule has 1 heterocycles. The molecule has 0 amide bonds. The number of sulfonamides is 1. The highest BCUT2D eigenvalue weighted by Crippen LogP contribution is 2.26. The van der Waals surface area contributed by atoms with E-state index in [1.807, 2.05) is 25.1 Å². The average Bonchev–Trinajstić information content (AvgIpc) is 3.07. The summed E-state index contributed by atoms with van der Waals surface area (Å²) in [7, 11) is -7.05. The molecule has 1 aliphatic heterocycles. The summed E-state index contributed by atoms with van der Waals surface area (Å²) in [5.74, 6) is -0.104. The Kier molecular flexibility index (Phi) is 4.99. The van der Waals surface area contributed by atoms with E-state index in [0.29, 0.717) is 6.42 Å². The molecule has 7 heteroatoms. The van der Waals surface area contributed by atoms with Gasteiger partial charge in [-0.25, -0.2) is 21.1 Å². The van der Waals surface area contributed by atoms with Gasteiger partial charge in [0.05, 0.1) is 15.9 Å². The second-order valence-electron chi connectivity index (χ2n) is 6.37. The Morgan fingerprint density at radius 3 is 2.40 bits per heavy atom. The van der Waals surface area contributed by atoms with Crippen LogP contribution in [0.5, 0.6) is 0 Å². The first-order valence-corrected chi connectivity index (χ1v) is 11.3. The van der Waals surface area contributed by atoms with E-state index in [1.54, 1.807) is 36.4 Å². The van der Waals surface area contributed by atoms with Crippen LogP contribution >= 0.6 is 0 Å². The van der Waals surface area contributed by atoms with Gasteiger partial charge in [-0.15, -0.1) is 0 Å². The number of hydrogen-bond acceptors (Lipinski definition) is 4. The maximum absolute atomic E-state index is 12.7. The minimum absolute atomic E-state index is 0.0192. The van der Waals surface area contributed by atoms with Gasteiger partial charge in [0.2, 0.25) is 10.0 Å². The van der Waals surface area contributed by atoms with E-state index in [1.165, 1.54) is 4.31 Å². The Balaban J connectivity index is 1.76. The van der Waals surface area contributed by atoms with E-state index in [4.69, 9.17) is 0 Å². The quantitative estimate of drug-likeness (QED) is 0.800. The van der Waals surface area contributed by atoms with Gasteiger partial charge >= 0.3 is 0 Å². The van der Waals surface area contributed by atoms with Crippen LogP contribution in [-0.4, -0.2) is 39.5 Å². The molecule has 0 aromatic heterocycles. The summed E-state index contributed by atoms with van der Waals surface area (Å²) < 4.78 is 52.0. The van der Waals surface area contributed by atoms with Crippen molar-refractivity contribution in [2.45, 2.75) is 29.2 Å². The van der Waals surface area contributed by atoms with Crippen LogP contribution in [0.2, 0.25) is 0 Å². The molecule has 2 aromatic rings. The van der Waals surface area contributed by atoms with Crippen molar-refractivity contribution in [2.75, 3.05) is 13.1 Å².